The molecule has 0 bridgehead atoms. The minimum Gasteiger partial charge on any atom is -0.453 e. The van der Waals surface area contributed by atoms with E-state index in [1.165, 1.54) is 12.0 Å². The molecule has 0 radical (unpaired) electrons. The summed E-state index contributed by atoms with van der Waals surface area (Å²) in [5.41, 5.74) is 0. The second-order valence-corrected chi connectivity index (χ2v) is 2.49. The van der Waals surface area contributed by atoms with Crippen LogP contribution < -0.4 is 0 Å². The summed E-state index contributed by atoms with van der Waals surface area (Å²) in [4.78, 5) is 12.4. The number of methoxy groups -OCH3 is 1. The lowest BCUT2D eigenvalue weighted by atomic mass is 10.5. The molecule has 1 aliphatic rings. The van der Waals surface area contributed by atoms with Gasteiger partial charge in [-0.3, -0.25) is 4.90 Å². The van der Waals surface area contributed by atoms with Crippen molar-refractivity contribution in [2.45, 2.75) is 18.9 Å². The highest BCUT2D eigenvalue weighted by molar-refractivity contribution is 5.68. The molecule has 60 valence electrons. The van der Waals surface area contributed by atoms with E-state index >= 15 is 0 Å². The second-order valence-electron chi connectivity index (χ2n) is 2.49. The average Bonchev–Trinajstić information content (AvgIpc) is 2.81. The van der Waals surface area contributed by atoms with Gasteiger partial charge in [0.25, 0.3) is 0 Å². The van der Waals surface area contributed by atoms with E-state index < -0.39 is 6.09 Å². The molecule has 0 heterocycles. The standard InChI is InChI=1S/C7H10N2O2/c1-11-7(10)9(5-4-8)6-2-3-6/h6H,2-3,5H2,1H3. The fraction of sp³-hybridized carbons (Fsp3) is 0.714. The van der Waals surface area contributed by atoms with Crippen LogP contribution in [-0.4, -0.2) is 30.7 Å². The van der Waals surface area contributed by atoms with Crippen molar-refractivity contribution in [3.05, 3.63) is 0 Å². The summed E-state index contributed by atoms with van der Waals surface area (Å²) in [6.07, 6.45) is 1.60. The van der Waals surface area contributed by atoms with Crippen molar-refractivity contribution in [1.82, 2.24) is 4.90 Å². The molecule has 0 aliphatic heterocycles. The highest BCUT2D eigenvalue weighted by Gasteiger charge is 2.32. The molecule has 1 aliphatic carbocycles. The highest BCUT2D eigenvalue weighted by atomic mass is 16.5. The maximum absolute atomic E-state index is 10.9. The largest absolute Gasteiger partial charge is 0.453 e. The molecule has 0 aromatic rings. The summed E-state index contributed by atoms with van der Waals surface area (Å²) in [6.45, 7) is 0.136. The van der Waals surface area contributed by atoms with E-state index in [-0.39, 0.29) is 12.6 Å². The van der Waals surface area contributed by atoms with Crippen molar-refractivity contribution in [2.24, 2.45) is 0 Å². The van der Waals surface area contributed by atoms with Gasteiger partial charge in [0.2, 0.25) is 0 Å². The maximum atomic E-state index is 10.9. The fourth-order valence-electron chi connectivity index (χ4n) is 0.922. The summed E-state index contributed by atoms with van der Waals surface area (Å²) >= 11 is 0. The molecular weight excluding hydrogens is 144 g/mol. The molecule has 4 nitrogen and oxygen atoms in total. The first-order valence-corrected chi connectivity index (χ1v) is 3.51. The van der Waals surface area contributed by atoms with Crippen LogP contribution in [0.1, 0.15) is 12.8 Å². The number of ether oxygens (including phenoxy) is 1. The van der Waals surface area contributed by atoms with Gasteiger partial charge >= 0.3 is 6.09 Å². The monoisotopic (exact) mass is 154 g/mol. The van der Waals surface area contributed by atoms with Gasteiger partial charge in [0.05, 0.1) is 13.2 Å². The van der Waals surface area contributed by atoms with Crippen molar-refractivity contribution in [3.8, 4) is 6.07 Å². The number of hydrogen-bond acceptors (Lipinski definition) is 3. The number of rotatable bonds is 2. The van der Waals surface area contributed by atoms with Crippen molar-refractivity contribution < 1.29 is 9.53 Å². The minimum atomic E-state index is -0.394. The Hall–Kier alpha value is -1.24. The molecule has 0 N–H and O–H groups in total. The molecule has 1 amide bonds. The van der Waals surface area contributed by atoms with Crippen LogP contribution in [0.3, 0.4) is 0 Å². The van der Waals surface area contributed by atoms with Gasteiger partial charge in [0, 0.05) is 6.04 Å². The molecule has 0 aromatic carbocycles. The molecule has 1 rings (SSSR count). The maximum Gasteiger partial charge on any atom is 0.410 e. The number of amides is 1. The average molecular weight is 154 g/mol. The Morgan fingerprint density at radius 3 is 2.82 bits per heavy atom. The molecule has 0 saturated heterocycles. The Morgan fingerprint density at radius 2 is 2.45 bits per heavy atom. The van der Waals surface area contributed by atoms with E-state index in [9.17, 15) is 4.79 Å². The third-order valence-corrected chi connectivity index (χ3v) is 1.64. The van der Waals surface area contributed by atoms with Crippen molar-refractivity contribution in [1.29, 1.82) is 5.26 Å². The summed E-state index contributed by atoms with van der Waals surface area (Å²) in [7, 11) is 1.33. The molecule has 0 aromatic heterocycles. The van der Waals surface area contributed by atoms with Crippen molar-refractivity contribution in [3.63, 3.8) is 0 Å². The number of nitrogens with zero attached hydrogens (tertiary/aromatic N) is 2. The first-order valence-electron chi connectivity index (χ1n) is 3.51. The molecule has 0 spiro atoms. The number of nitriles is 1. The predicted molar refractivity (Wildman–Crippen MR) is 37.7 cm³/mol. The van der Waals surface area contributed by atoms with Crippen LogP contribution in [-0.2, 0) is 4.74 Å². The Balaban J connectivity index is 2.45. The Labute approximate surface area is 65.4 Å². The van der Waals surface area contributed by atoms with E-state index in [2.05, 4.69) is 4.74 Å². The van der Waals surface area contributed by atoms with E-state index in [0.29, 0.717) is 0 Å². The van der Waals surface area contributed by atoms with Crippen LogP contribution in [0.4, 0.5) is 4.79 Å². The molecule has 11 heavy (non-hydrogen) atoms. The van der Waals surface area contributed by atoms with Gasteiger partial charge in [-0.25, -0.2) is 4.79 Å². The molecular formula is C7H10N2O2. The van der Waals surface area contributed by atoms with E-state index in [0.717, 1.165) is 12.8 Å². The normalized spacial score (nSPS) is 15.3. The van der Waals surface area contributed by atoms with Crippen LogP contribution in [0.15, 0.2) is 0 Å². The van der Waals surface area contributed by atoms with E-state index in [1.807, 2.05) is 6.07 Å². The molecule has 1 fully saturated rings. The van der Waals surface area contributed by atoms with Gasteiger partial charge in [-0.2, -0.15) is 5.26 Å². The third-order valence-electron chi connectivity index (χ3n) is 1.64. The lowest BCUT2D eigenvalue weighted by Crippen LogP contribution is -2.33. The fourth-order valence-corrected chi connectivity index (χ4v) is 0.922. The van der Waals surface area contributed by atoms with Gasteiger partial charge in [0.1, 0.15) is 6.54 Å². The number of carbonyl (C=O) groups excluding carboxylic acids is 1. The zero-order valence-electron chi connectivity index (χ0n) is 6.41. The zero-order chi connectivity index (χ0) is 8.27. The van der Waals surface area contributed by atoms with Crippen LogP contribution in [0.2, 0.25) is 0 Å². The summed E-state index contributed by atoms with van der Waals surface area (Å²) in [5.74, 6) is 0. The second kappa shape index (κ2) is 3.24. The smallest absolute Gasteiger partial charge is 0.410 e. The van der Waals surface area contributed by atoms with Crippen molar-refractivity contribution in [2.75, 3.05) is 13.7 Å². The Kier molecular flexibility index (Phi) is 2.32. The Morgan fingerprint density at radius 1 is 1.82 bits per heavy atom. The first kappa shape index (κ1) is 7.86. The van der Waals surface area contributed by atoms with Crippen LogP contribution >= 0.6 is 0 Å². The van der Waals surface area contributed by atoms with Gasteiger partial charge in [-0.05, 0) is 12.8 Å². The SMILES string of the molecule is COC(=O)N(CC#N)C1CC1. The highest BCUT2D eigenvalue weighted by Crippen LogP contribution is 2.26. The van der Waals surface area contributed by atoms with Crippen molar-refractivity contribution >= 4 is 6.09 Å². The number of hydrogen-bond donors (Lipinski definition) is 0. The van der Waals surface area contributed by atoms with Crippen LogP contribution in [0, 0.1) is 11.3 Å². The van der Waals surface area contributed by atoms with E-state index in [1.54, 1.807) is 0 Å². The molecule has 0 unspecified atom stereocenters. The van der Waals surface area contributed by atoms with Gasteiger partial charge < -0.3 is 4.74 Å². The number of carbonyl (C=O) groups is 1. The summed E-state index contributed by atoms with van der Waals surface area (Å²) < 4.78 is 4.50. The summed E-state index contributed by atoms with van der Waals surface area (Å²) in [5, 5.41) is 8.36. The topological polar surface area (TPSA) is 53.3 Å². The lowest BCUT2D eigenvalue weighted by molar-refractivity contribution is 0.126. The first-order chi connectivity index (χ1) is 5.29. The zero-order valence-corrected chi connectivity index (χ0v) is 6.41. The van der Waals surface area contributed by atoms with Gasteiger partial charge in [-0.15, -0.1) is 0 Å². The predicted octanol–water partition coefficient (Wildman–Crippen LogP) is 0.741. The van der Waals surface area contributed by atoms with Crippen LogP contribution in [0.25, 0.3) is 0 Å². The minimum absolute atomic E-state index is 0.136. The molecule has 4 heteroatoms. The van der Waals surface area contributed by atoms with E-state index in [4.69, 9.17) is 5.26 Å². The lowest BCUT2D eigenvalue weighted by Gasteiger charge is -2.16. The van der Waals surface area contributed by atoms with Gasteiger partial charge in [0.15, 0.2) is 0 Å². The summed E-state index contributed by atoms with van der Waals surface area (Å²) in [6, 6.07) is 2.18. The Bertz CT molecular complexity index is 193. The quantitative estimate of drug-likeness (QED) is 0.551. The third kappa shape index (κ3) is 1.84. The van der Waals surface area contributed by atoms with Gasteiger partial charge in [-0.1, -0.05) is 0 Å². The molecule has 0 atom stereocenters. The van der Waals surface area contributed by atoms with Crippen LogP contribution in [0.5, 0.6) is 0 Å². The molecule has 1 saturated carbocycles.